The maximum absolute atomic E-state index is 13.4. The van der Waals surface area contributed by atoms with Gasteiger partial charge < -0.3 is 15.0 Å². The van der Waals surface area contributed by atoms with Crippen molar-refractivity contribution in [2.45, 2.75) is 51.0 Å². The van der Waals surface area contributed by atoms with Crippen LogP contribution < -0.4 is 10.1 Å². The van der Waals surface area contributed by atoms with Gasteiger partial charge in [-0.1, -0.05) is 31.4 Å². The molecule has 0 radical (unpaired) electrons. The van der Waals surface area contributed by atoms with Crippen LogP contribution in [-0.2, 0) is 16.1 Å². The smallest absolute Gasteiger partial charge is 0.225 e. The Bertz CT molecular complexity index is 992. The lowest BCUT2D eigenvalue weighted by molar-refractivity contribution is -0.135. The average molecular weight is 497 g/mol. The zero-order chi connectivity index (χ0) is 24.0. The van der Waals surface area contributed by atoms with E-state index in [1.165, 1.54) is 23.5 Å². The first-order chi connectivity index (χ1) is 17.2. The Hall–Kier alpha value is -2.45. The molecular formula is C27H36N4O3S. The topological polar surface area (TPSA) is 74.8 Å². The number of amides is 2. The number of likely N-dealkylation sites (tertiary alicyclic amines) is 1. The van der Waals surface area contributed by atoms with Gasteiger partial charge in [-0.25, -0.2) is 4.37 Å². The highest BCUT2D eigenvalue weighted by Gasteiger charge is 2.42. The van der Waals surface area contributed by atoms with Crippen molar-refractivity contribution in [2.24, 2.45) is 11.8 Å². The molecule has 3 heterocycles. The van der Waals surface area contributed by atoms with E-state index in [0.717, 1.165) is 63.1 Å². The first-order valence-corrected chi connectivity index (χ1v) is 13.9. The minimum absolute atomic E-state index is 0.0120. The van der Waals surface area contributed by atoms with E-state index in [-0.39, 0.29) is 29.6 Å². The molecule has 1 aromatic carbocycles. The van der Waals surface area contributed by atoms with Crippen LogP contribution in [0, 0.1) is 11.8 Å². The molecule has 1 saturated carbocycles. The SMILES string of the molecule is O=C1NCCN(Cc2cnsc2)CCCOc2cccc(c2)[C@H]2CN(C(=O)C3CCCCC3)C[C@H]12. The normalized spacial score (nSPS) is 24.8. The van der Waals surface area contributed by atoms with Crippen LogP contribution in [0.2, 0.25) is 0 Å². The number of nitrogens with one attached hydrogen (secondary N) is 1. The number of benzene rings is 1. The number of fused-ring (bicyclic) bond motifs is 4. The fraction of sp³-hybridized carbons (Fsp3) is 0.593. The maximum Gasteiger partial charge on any atom is 0.225 e. The summed E-state index contributed by atoms with van der Waals surface area (Å²) in [5.74, 6) is 0.997. The molecule has 2 atom stereocenters. The number of nitrogens with zero attached hydrogens (tertiary/aromatic N) is 3. The van der Waals surface area contributed by atoms with E-state index in [9.17, 15) is 9.59 Å². The molecule has 7 nitrogen and oxygen atoms in total. The van der Waals surface area contributed by atoms with Crippen molar-refractivity contribution in [3.63, 3.8) is 0 Å². The second-order valence-corrected chi connectivity index (χ2v) is 10.8. The number of ether oxygens (including phenoxy) is 1. The Morgan fingerprint density at radius 1 is 1.11 bits per heavy atom. The lowest BCUT2D eigenvalue weighted by Gasteiger charge is -2.26. The molecular weight excluding hydrogens is 460 g/mol. The van der Waals surface area contributed by atoms with Gasteiger partial charge in [0.2, 0.25) is 11.8 Å². The highest BCUT2D eigenvalue weighted by Crippen LogP contribution is 2.36. The molecule has 2 amide bonds. The van der Waals surface area contributed by atoms with Crippen molar-refractivity contribution in [1.29, 1.82) is 0 Å². The van der Waals surface area contributed by atoms with Crippen LogP contribution in [-0.4, -0.2) is 65.3 Å². The predicted octanol–water partition coefficient (Wildman–Crippen LogP) is 3.67. The maximum atomic E-state index is 13.4. The molecule has 1 N–H and O–H groups in total. The second-order valence-electron chi connectivity index (χ2n) is 10.2. The van der Waals surface area contributed by atoms with E-state index in [1.807, 2.05) is 23.2 Å². The highest BCUT2D eigenvalue weighted by atomic mass is 32.1. The molecule has 2 aromatic rings. The second kappa shape index (κ2) is 11.5. The van der Waals surface area contributed by atoms with Crippen molar-refractivity contribution >= 4 is 23.3 Å². The van der Waals surface area contributed by atoms with Crippen LogP contribution in [0.15, 0.2) is 35.8 Å². The van der Waals surface area contributed by atoms with Crippen LogP contribution in [0.1, 0.15) is 55.6 Å². The molecule has 3 aliphatic rings. The molecule has 2 fully saturated rings. The first kappa shape index (κ1) is 24.3. The summed E-state index contributed by atoms with van der Waals surface area (Å²) in [6.45, 7) is 4.83. The third-order valence-electron chi connectivity index (χ3n) is 7.71. The summed E-state index contributed by atoms with van der Waals surface area (Å²) in [6.07, 6.45) is 8.28. The Kier molecular flexibility index (Phi) is 7.99. The van der Waals surface area contributed by atoms with E-state index >= 15 is 0 Å². The Morgan fingerprint density at radius 2 is 1.97 bits per heavy atom. The Morgan fingerprint density at radius 3 is 2.80 bits per heavy atom. The van der Waals surface area contributed by atoms with Crippen LogP contribution in [0.25, 0.3) is 0 Å². The molecule has 2 bridgehead atoms. The Balaban J connectivity index is 1.33. The fourth-order valence-electron chi connectivity index (χ4n) is 5.81. The van der Waals surface area contributed by atoms with Crippen LogP contribution in [0.3, 0.4) is 0 Å². The molecule has 0 spiro atoms. The molecule has 1 aromatic heterocycles. The van der Waals surface area contributed by atoms with Crippen molar-refractivity contribution in [3.05, 3.63) is 47.0 Å². The third kappa shape index (κ3) is 6.04. The largest absolute Gasteiger partial charge is 0.494 e. The third-order valence-corrected chi connectivity index (χ3v) is 8.35. The van der Waals surface area contributed by atoms with Gasteiger partial charge in [-0.15, -0.1) is 0 Å². The number of carbonyl (C=O) groups excluding carboxylic acids is 2. The van der Waals surface area contributed by atoms with Crippen molar-refractivity contribution in [3.8, 4) is 5.75 Å². The summed E-state index contributed by atoms with van der Waals surface area (Å²) < 4.78 is 10.3. The lowest BCUT2D eigenvalue weighted by atomic mass is 9.88. The van der Waals surface area contributed by atoms with Crippen LogP contribution >= 0.6 is 11.5 Å². The van der Waals surface area contributed by atoms with E-state index in [4.69, 9.17) is 4.74 Å². The number of aromatic nitrogens is 1. The Labute approximate surface area is 212 Å². The summed E-state index contributed by atoms with van der Waals surface area (Å²) >= 11 is 1.47. The van der Waals surface area contributed by atoms with Gasteiger partial charge in [-0.2, -0.15) is 0 Å². The van der Waals surface area contributed by atoms with Gasteiger partial charge in [0.05, 0.1) is 12.5 Å². The molecule has 0 unspecified atom stereocenters. The van der Waals surface area contributed by atoms with Gasteiger partial charge in [0.1, 0.15) is 5.75 Å². The molecule has 2 aliphatic heterocycles. The summed E-state index contributed by atoms with van der Waals surface area (Å²) in [5, 5.41) is 5.28. The molecule has 188 valence electrons. The number of hydrogen-bond acceptors (Lipinski definition) is 6. The quantitative estimate of drug-likeness (QED) is 0.702. The fourth-order valence-corrected chi connectivity index (χ4v) is 6.34. The zero-order valence-corrected chi connectivity index (χ0v) is 21.2. The van der Waals surface area contributed by atoms with E-state index < -0.39 is 0 Å². The summed E-state index contributed by atoms with van der Waals surface area (Å²) in [7, 11) is 0. The summed E-state index contributed by atoms with van der Waals surface area (Å²) in [5.41, 5.74) is 2.29. The predicted molar refractivity (Wildman–Crippen MR) is 136 cm³/mol. The van der Waals surface area contributed by atoms with E-state index in [1.54, 1.807) is 0 Å². The minimum Gasteiger partial charge on any atom is -0.494 e. The van der Waals surface area contributed by atoms with Crippen molar-refractivity contribution in [2.75, 3.05) is 39.3 Å². The van der Waals surface area contributed by atoms with Gasteiger partial charge in [0, 0.05) is 62.7 Å². The van der Waals surface area contributed by atoms with E-state index in [0.29, 0.717) is 26.2 Å². The number of rotatable bonds is 3. The molecule has 1 aliphatic carbocycles. The lowest BCUT2D eigenvalue weighted by Crippen LogP contribution is -2.40. The van der Waals surface area contributed by atoms with Gasteiger partial charge in [0.25, 0.3) is 0 Å². The number of hydrogen-bond donors (Lipinski definition) is 1. The molecule has 8 heteroatoms. The molecule has 5 rings (SSSR count). The highest BCUT2D eigenvalue weighted by molar-refractivity contribution is 7.03. The van der Waals surface area contributed by atoms with Gasteiger partial charge in [-0.05, 0) is 54.1 Å². The van der Waals surface area contributed by atoms with Crippen LogP contribution in [0.4, 0.5) is 0 Å². The summed E-state index contributed by atoms with van der Waals surface area (Å²) in [6, 6.07) is 8.14. The van der Waals surface area contributed by atoms with Gasteiger partial charge >= 0.3 is 0 Å². The molecule has 1 saturated heterocycles. The van der Waals surface area contributed by atoms with Gasteiger partial charge in [-0.3, -0.25) is 14.5 Å². The first-order valence-electron chi connectivity index (χ1n) is 13.1. The average Bonchev–Trinajstić information content (AvgIpc) is 3.56. The van der Waals surface area contributed by atoms with Crippen LogP contribution in [0.5, 0.6) is 5.75 Å². The standard InChI is InChI=1S/C27H36N4O3S/c32-26-25-18-31(27(33)21-6-2-1-3-7-21)17-24(25)22-8-4-9-23(14-22)34-13-5-11-30(12-10-28-26)16-20-15-29-35-19-20/h4,8-9,14-15,19,21,24-25H,1-3,5-7,10-13,16-18H2,(H,28,32)/t24-,25+/m1/s1. The number of carbonyl (C=O) groups is 2. The van der Waals surface area contributed by atoms with E-state index in [2.05, 4.69) is 32.1 Å². The monoisotopic (exact) mass is 496 g/mol. The van der Waals surface area contributed by atoms with Gasteiger partial charge in [0.15, 0.2) is 0 Å². The summed E-state index contributed by atoms with van der Waals surface area (Å²) in [4.78, 5) is 31.1. The van der Waals surface area contributed by atoms with Crippen molar-refractivity contribution in [1.82, 2.24) is 19.5 Å². The molecule has 35 heavy (non-hydrogen) atoms. The zero-order valence-electron chi connectivity index (χ0n) is 20.4. The van der Waals surface area contributed by atoms with Crippen molar-refractivity contribution < 1.29 is 14.3 Å². The minimum atomic E-state index is -0.241.